The van der Waals surface area contributed by atoms with E-state index in [4.69, 9.17) is 9.90 Å². The number of carbonyl (C=O) groups excluding carboxylic acids is 1. The minimum atomic E-state index is -1.08. The van der Waals surface area contributed by atoms with E-state index in [-0.39, 0.29) is 12.4 Å². The second kappa shape index (κ2) is 7.25. The van der Waals surface area contributed by atoms with Crippen molar-refractivity contribution < 1.29 is 24.7 Å². The number of H-pyrrole nitrogens is 1. The number of hydrogen-bond acceptors (Lipinski definition) is 4. The molecule has 0 fully saturated rings. The molecule has 0 unspecified atom stereocenters. The predicted molar refractivity (Wildman–Crippen MR) is 102 cm³/mol. The summed E-state index contributed by atoms with van der Waals surface area (Å²) in [6.45, 7) is 5.92. The fraction of sp³-hybridized carbons (Fsp3) is 0.238. The van der Waals surface area contributed by atoms with E-state index in [1.54, 1.807) is 6.07 Å². The van der Waals surface area contributed by atoms with Crippen LogP contribution in [0.1, 0.15) is 18.1 Å². The van der Waals surface area contributed by atoms with Crippen molar-refractivity contribution in [1.29, 1.82) is 0 Å². The summed E-state index contributed by atoms with van der Waals surface area (Å²) < 4.78 is 2.01. The number of aliphatic hydroxyl groups excluding tert-OH is 1. The van der Waals surface area contributed by atoms with Crippen molar-refractivity contribution in [2.24, 2.45) is 0 Å². The van der Waals surface area contributed by atoms with Crippen molar-refractivity contribution in [3.8, 4) is 5.75 Å². The number of aromatic hydroxyl groups is 1. The molecule has 0 radical (unpaired) electrons. The summed E-state index contributed by atoms with van der Waals surface area (Å²) >= 11 is 0. The van der Waals surface area contributed by atoms with Gasteiger partial charge in [0, 0.05) is 33.7 Å². The zero-order chi connectivity index (χ0) is 19.7. The highest BCUT2D eigenvalue weighted by Gasteiger charge is 2.16. The quantitative estimate of drug-likeness (QED) is 0.471. The number of nitrogens with zero attached hydrogens (tertiary/aromatic N) is 1. The molecule has 0 spiro atoms. The highest BCUT2D eigenvalue weighted by Crippen LogP contribution is 2.36. The zero-order valence-corrected chi connectivity index (χ0v) is 15.5. The van der Waals surface area contributed by atoms with Crippen molar-refractivity contribution in [2.75, 3.05) is 6.61 Å². The first-order valence-corrected chi connectivity index (χ1v) is 8.68. The van der Waals surface area contributed by atoms with Gasteiger partial charge in [-0.1, -0.05) is 0 Å². The molecule has 0 amide bonds. The van der Waals surface area contributed by atoms with Crippen LogP contribution >= 0.6 is 0 Å². The lowest BCUT2D eigenvalue weighted by Gasteiger charge is -2.08. The molecule has 0 aliphatic heterocycles. The first-order valence-electron chi connectivity index (χ1n) is 8.68. The Morgan fingerprint density at radius 1 is 1.15 bits per heavy atom. The average Bonchev–Trinajstić information content (AvgIpc) is 2.98. The molecule has 6 heteroatoms. The van der Waals surface area contributed by atoms with E-state index >= 15 is 0 Å². The zero-order valence-electron chi connectivity index (χ0n) is 15.5. The van der Waals surface area contributed by atoms with Crippen LogP contribution < -0.4 is 9.67 Å². The van der Waals surface area contributed by atoms with E-state index in [2.05, 4.69) is 31.1 Å². The number of benzene rings is 2. The van der Waals surface area contributed by atoms with Gasteiger partial charge in [-0.2, -0.15) is 0 Å². The highest BCUT2D eigenvalue weighted by molar-refractivity contribution is 6.16. The number of aliphatic hydroxyl groups is 1. The van der Waals surface area contributed by atoms with E-state index in [0.717, 1.165) is 28.7 Å². The van der Waals surface area contributed by atoms with E-state index < -0.39 is 5.97 Å². The van der Waals surface area contributed by atoms with E-state index in [0.29, 0.717) is 6.54 Å². The first kappa shape index (κ1) is 18.7. The number of aryl methyl sites for hydroxylation is 2. The van der Waals surface area contributed by atoms with Gasteiger partial charge < -0.3 is 25.1 Å². The molecule has 4 rings (SSSR count). The molecule has 0 bridgehead atoms. The Morgan fingerprint density at radius 3 is 2.52 bits per heavy atom. The fourth-order valence-electron chi connectivity index (χ4n) is 3.54. The van der Waals surface area contributed by atoms with Crippen LogP contribution in [0.25, 0.3) is 32.6 Å². The Labute approximate surface area is 156 Å². The highest BCUT2D eigenvalue weighted by atomic mass is 16.4. The summed E-state index contributed by atoms with van der Waals surface area (Å²) in [5, 5.41) is 32.5. The SMILES string of the molecule is CC(=O)[O-].Cc1c2cc[n+](CCO)cc2c(C)c2c1[nH]c1ccc(O)cc12. The summed E-state index contributed by atoms with van der Waals surface area (Å²) in [5.41, 5.74) is 4.54. The van der Waals surface area contributed by atoms with Crippen molar-refractivity contribution in [3.05, 3.63) is 47.8 Å². The number of phenols is 1. The smallest absolute Gasteiger partial charge is 0.177 e. The number of aliphatic carboxylic acids is 1. The molecule has 0 saturated carbocycles. The van der Waals surface area contributed by atoms with Gasteiger partial charge in [0.1, 0.15) is 12.4 Å². The number of hydrogen-bond donors (Lipinski definition) is 3. The maximum Gasteiger partial charge on any atom is 0.177 e. The van der Waals surface area contributed by atoms with Gasteiger partial charge in [0.15, 0.2) is 18.9 Å². The second-order valence-corrected chi connectivity index (χ2v) is 6.58. The maximum atomic E-state index is 9.85. The lowest BCUT2D eigenvalue weighted by atomic mass is 9.97. The molecule has 6 nitrogen and oxygen atoms in total. The standard InChI is InChI=1S/C19H18N2O2.C2H4O2/c1-11-16-10-21(7-8-22)6-5-14(16)12(2)19-18(11)15-9-13(23)3-4-17(15)20-19;1-2(3)4/h3-6,9-10,22-23H,7-8H2,1-2H3;1H3,(H,3,4). The van der Waals surface area contributed by atoms with Crippen LogP contribution in [0.5, 0.6) is 5.75 Å². The lowest BCUT2D eigenvalue weighted by Crippen LogP contribution is -2.34. The number of aromatic nitrogens is 2. The van der Waals surface area contributed by atoms with Gasteiger partial charge in [-0.3, -0.25) is 0 Å². The third-order valence-corrected chi connectivity index (χ3v) is 4.72. The van der Waals surface area contributed by atoms with Crippen LogP contribution in [0.4, 0.5) is 0 Å². The minimum absolute atomic E-state index is 0.122. The van der Waals surface area contributed by atoms with Gasteiger partial charge in [0.2, 0.25) is 0 Å². The average molecular weight is 366 g/mol. The van der Waals surface area contributed by atoms with Crippen LogP contribution in [-0.2, 0) is 11.3 Å². The number of carboxylic acids is 1. The minimum Gasteiger partial charge on any atom is -0.550 e. The molecular formula is C21H22N2O4. The molecule has 0 aliphatic rings. The van der Waals surface area contributed by atoms with Gasteiger partial charge in [-0.15, -0.1) is 0 Å². The van der Waals surface area contributed by atoms with Gasteiger partial charge in [0.05, 0.1) is 5.52 Å². The third kappa shape index (κ3) is 3.44. The van der Waals surface area contributed by atoms with Crippen molar-refractivity contribution in [3.63, 3.8) is 0 Å². The van der Waals surface area contributed by atoms with E-state index in [1.165, 1.54) is 21.9 Å². The third-order valence-electron chi connectivity index (χ3n) is 4.72. The molecule has 2 heterocycles. The van der Waals surface area contributed by atoms with Crippen LogP contribution in [0.3, 0.4) is 0 Å². The molecule has 27 heavy (non-hydrogen) atoms. The summed E-state index contributed by atoms with van der Waals surface area (Å²) in [6.07, 6.45) is 4.10. The van der Waals surface area contributed by atoms with Gasteiger partial charge in [-0.25, -0.2) is 4.57 Å². The molecule has 0 atom stereocenters. The molecule has 2 aromatic carbocycles. The topological polar surface area (TPSA) is 100 Å². The number of aromatic amines is 1. The summed E-state index contributed by atoms with van der Waals surface area (Å²) in [5.74, 6) is -0.807. The second-order valence-electron chi connectivity index (χ2n) is 6.58. The van der Waals surface area contributed by atoms with Crippen LogP contribution in [-0.4, -0.2) is 27.8 Å². The number of pyridine rings is 1. The Bertz CT molecular complexity index is 1160. The number of nitrogens with one attached hydrogen (secondary N) is 1. The molecule has 4 aromatic rings. The summed E-state index contributed by atoms with van der Waals surface area (Å²) in [7, 11) is 0. The van der Waals surface area contributed by atoms with Crippen molar-refractivity contribution >= 4 is 38.5 Å². The molecule has 2 aromatic heterocycles. The summed E-state index contributed by atoms with van der Waals surface area (Å²) in [6, 6.07) is 7.55. The number of fused-ring (bicyclic) bond motifs is 4. The number of phenolic OH excluding ortho intramolecular Hbond substituents is 1. The molecular weight excluding hydrogens is 344 g/mol. The number of carbonyl (C=O) groups is 1. The Balaban J connectivity index is 0.000000481. The maximum absolute atomic E-state index is 9.85. The van der Waals surface area contributed by atoms with Crippen LogP contribution in [0.15, 0.2) is 36.7 Å². The molecule has 0 aliphatic carbocycles. The van der Waals surface area contributed by atoms with Crippen LogP contribution in [0, 0.1) is 13.8 Å². The van der Waals surface area contributed by atoms with Crippen molar-refractivity contribution in [2.45, 2.75) is 27.3 Å². The van der Waals surface area contributed by atoms with Crippen molar-refractivity contribution in [1.82, 2.24) is 4.98 Å². The number of carboxylic acid groups (broad SMARTS) is 1. The lowest BCUT2D eigenvalue weighted by molar-refractivity contribution is -0.696. The van der Waals surface area contributed by atoms with E-state index in [1.807, 2.05) is 22.9 Å². The predicted octanol–water partition coefficient (Wildman–Crippen LogP) is 1.83. The molecule has 0 saturated heterocycles. The largest absolute Gasteiger partial charge is 0.550 e. The first-order chi connectivity index (χ1) is 12.8. The van der Waals surface area contributed by atoms with Gasteiger partial charge in [-0.05, 0) is 55.5 Å². The molecule has 3 N–H and O–H groups in total. The van der Waals surface area contributed by atoms with E-state index in [9.17, 15) is 10.2 Å². The Kier molecular flexibility index (Phi) is 5.01. The Hall–Kier alpha value is -3.12. The number of rotatable bonds is 2. The molecule has 140 valence electrons. The monoisotopic (exact) mass is 366 g/mol. The van der Waals surface area contributed by atoms with Gasteiger partial charge in [0.25, 0.3) is 0 Å². The Morgan fingerprint density at radius 2 is 1.85 bits per heavy atom. The summed E-state index contributed by atoms with van der Waals surface area (Å²) in [4.78, 5) is 12.4. The fourth-order valence-corrected chi connectivity index (χ4v) is 3.54. The van der Waals surface area contributed by atoms with Gasteiger partial charge >= 0.3 is 0 Å². The van der Waals surface area contributed by atoms with Crippen LogP contribution in [0.2, 0.25) is 0 Å². The normalized spacial score (nSPS) is 11.0.